The van der Waals surface area contributed by atoms with Crippen LogP contribution in [0.3, 0.4) is 0 Å². The third kappa shape index (κ3) is 5.26. The predicted octanol–water partition coefficient (Wildman–Crippen LogP) is 16.3. The van der Waals surface area contributed by atoms with E-state index in [0.29, 0.717) is 11.1 Å². The summed E-state index contributed by atoms with van der Waals surface area (Å²) in [4.78, 5) is 0. The fraction of sp³-hybridized carbons (Fsp3) is 0.0164. The Balaban J connectivity index is 1.20. The van der Waals surface area contributed by atoms with E-state index in [1.54, 1.807) is 0 Å². The molecule has 6 heteroatoms. The SMILES string of the molecule is Cc1c(-n2c3ccccc3c3ccc4c5ccccc5n(-c5ccccc5)c4c32)ccc(-c2cc(F)cc(F)c2)c1-n1c2ccccc2c2ccc3c4ccccc4n(-c4ccccc4)c3c21. The van der Waals surface area contributed by atoms with Gasteiger partial charge in [-0.25, -0.2) is 8.78 Å². The van der Waals surface area contributed by atoms with Crippen LogP contribution in [0, 0.1) is 18.6 Å². The number of hydrogen-bond acceptors (Lipinski definition) is 0. The maximum Gasteiger partial charge on any atom is 0.126 e. The Labute approximate surface area is 383 Å². The van der Waals surface area contributed by atoms with Gasteiger partial charge in [0.25, 0.3) is 0 Å². The lowest BCUT2D eigenvalue weighted by Gasteiger charge is -2.22. The van der Waals surface area contributed by atoms with Gasteiger partial charge < -0.3 is 18.3 Å². The first-order valence-corrected chi connectivity index (χ1v) is 22.7. The molecule has 0 aliphatic heterocycles. The third-order valence-electron chi connectivity index (χ3n) is 14.0. The smallest absolute Gasteiger partial charge is 0.126 e. The van der Waals surface area contributed by atoms with Gasteiger partial charge in [-0.05, 0) is 84.8 Å². The molecule has 14 rings (SSSR count). The highest BCUT2D eigenvalue weighted by atomic mass is 19.1. The third-order valence-corrected chi connectivity index (χ3v) is 14.0. The molecule has 0 atom stereocenters. The summed E-state index contributed by atoms with van der Waals surface area (Å²) in [7, 11) is 0. The van der Waals surface area contributed by atoms with Gasteiger partial charge >= 0.3 is 0 Å². The number of fused-ring (bicyclic) bond motifs is 14. The molecule has 0 bridgehead atoms. The minimum Gasteiger partial charge on any atom is -0.307 e. The van der Waals surface area contributed by atoms with E-state index in [4.69, 9.17) is 0 Å². The topological polar surface area (TPSA) is 19.7 Å². The Morgan fingerprint density at radius 3 is 1.12 bits per heavy atom. The second-order valence-electron chi connectivity index (χ2n) is 17.6. The Bertz CT molecular complexity index is 4340. The van der Waals surface area contributed by atoms with Gasteiger partial charge in [0.1, 0.15) is 11.6 Å². The Hall–Kier alpha value is -8.74. The maximum atomic E-state index is 15.6. The summed E-state index contributed by atoms with van der Waals surface area (Å²) in [5.74, 6) is -1.26. The molecule has 0 aliphatic carbocycles. The quantitative estimate of drug-likeness (QED) is 0.164. The lowest BCUT2D eigenvalue weighted by atomic mass is 9.98. The molecule has 0 aliphatic rings. The van der Waals surface area contributed by atoms with Crippen LogP contribution < -0.4 is 0 Å². The minimum absolute atomic E-state index is 0.456. The zero-order valence-electron chi connectivity index (χ0n) is 36.3. The number of hydrogen-bond donors (Lipinski definition) is 0. The molecule has 67 heavy (non-hydrogen) atoms. The molecule has 0 radical (unpaired) electrons. The summed E-state index contributed by atoms with van der Waals surface area (Å²) in [6.45, 7) is 2.17. The Morgan fingerprint density at radius 2 is 0.672 bits per heavy atom. The van der Waals surface area contributed by atoms with Crippen LogP contribution in [0.5, 0.6) is 0 Å². The molecule has 316 valence electrons. The molecule has 14 aromatic rings. The summed E-state index contributed by atoms with van der Waals surface area (Å²) in [6, 6.07) is 72.5. The van der Waals surface area contributed by atoms with Crippen LogP contribution in [0.15, 0.2) is 212 Å². The number of rotatable bonds is 5. The van der Waals surface area contributed by atoms with Crippen LogP contribution in [0.2, 0.25) is 0 Å². The van der Waals surface area contributed by atoms with Gasteiger partial charge in [0.2, 0.25) is 0 Å². The number of halogens is 2. The molecule has 4 nitrogen and oxygen atoms in total. The maximum absolute atomic E-state index is 15.6. The summed E-state index contributed by atoms with van der Waals surface area (Å²) in [5, 5.41) is 9.00. The van der Waals surface area contributed by atoms with Gasteiger partial charge in [0.05, 0.1) is 55.5 Å². The molecule has 0 fully saturated rings. The lowest BCUT2D eigenvalue weighted by molar-refractivity contribution is 0.584. The van der Waals surface area contributed by atoms with E-state index in [-0.39, 0.29) is 0 Å². The number of para-hydroxylation sites is 6. The van der Waals surface area contributed by atoms with Gasteiger partial charge in [-0.1, -0.05) is 140 Å². The molecule has 10 aromatic carbocycles. The van der Waals surface area contributed by atoms with Crippen molar-refractivity contribution < 1.29 is 8.78 Å². The fourth-order valence-corrected chi connectivity index (χ4v) is 11.3. The molecule has 0 saturated carbocycles. The van der Waals surface area contributed by atoms with Gasteiger partial charge in [-0.15, -0.1) is 0 Å². The fourth-order valence-electron chi connectivity index (χ4n) is 11.3. The summed E-state index contributed by atoms with van der Waals surface area (Å²) >= 11 is 0. The second-order valence-corrected chi connectivity index (χ2v) is 17.6. The van der Waals surface area contributed by atoms with Crippen LogP contribution in [0.1, 0.15) is 5.56 Å². The van der Waals surface area contributed by atoms with Crippen LogP contribution in [-0.4, -0.2) is 18.3 Å². The second kappa shape index (κ2) is 14.1. The van der Waals surface area contributed by atoms with E-state index < -0.39 is 11.6 Å². The largest absolute Gasteiger partial charge is 0.307 e. The van der Waals surface area contributed by atoms with E-state index in [1.807, 2.05) is 6.07 Å². The predicted molar refractivity (Wildman–Crippen MR) is 274 cm³/mol. The van der Waals surface area contributed by atoms with Crippen LogP contribution >= 0.6 is 0 Å². The summed E-state index contributed by atoms with van der Waals surface area (Å²) in [6.07, 6.45) is 0. The number of aromatic nitrogens is 4. The first kappa shape index (κ1) is 37.6. The zero-order valence-corrected chi connectivity index (χ0v) is 36.3. The molecule has 0 saturated heterocycles. The molecular formula is C61H38F2N4. The van der Waals surface area contributed by atoms with E-state index in [1.165, 1.54) is 17.5 Å². The van der Waals surface area contributed by atoms with Crippen molar-refractivity contribution in [1.29, 1.82) is 0 Å². The van der Waals surface area contributed by atoms with E-state index >= 15 is 8.78 Å². The highest BCUT2D eigenvalue weighted by molar-refractivity contribution is 6.25. The first-order valence-electron chi connectivity index (χ1n) is 22.7. The van der Waals surface area contributed by atoms with E-state index in [2.05, 4.69) is 213 Å². The van der Waals surface area contributed by atoms with Gasteiger partial charge in [0.15, 0.2) is 0 Å². The molecule has 0 N–H and O–H groups in total. The Morgan fingerprint density at radius 1 is 0.313 bits per heavy atom. The van der Waals surface area contributed by atoms with Gasteiger partial charge in [0, 0.05) is 66.1 Å². The van der Waals surface area contributed by atoms with Crippen molar-refractivity contribution in [3.8, 4) is 33.9 Å². The average molecular weight is 865 g/mol. The molecule has 4 heterocycles. The van der Waals surface area contributed by atoms with Crippen LogP contribution in [0.25, 0.3) is 121 Å². The normalized spacial score (nSPS) is 12.1. The summed E-state index contributed by atoms with van der Waals surface area (Å²) in [5.41, 5.74) is 14.5. The minimum atomic E-state index is -0.630. The summed E-state index contributed by atoms with van der Waals surface area (Å²) < 4.78 is 40.7. The highest BCUT2D eigenvalue weighted by Gasteiger charge is 2.27. The van der Waals surface area contributed by atoms with Crippen molar-refractivity contribution in [2.75, 3.05) is 0 Å². The molecular weight excluding hydrogens is 827 g/mol. The average Bonchev–Trinajstić information content (AvgIpc) is 4.09. The molecule has 0 unspecified atom stereocenters. The standard InChI is InChI=1S/C61H38F2N4/c1-37-52(66-55-26-14-10-22-46(55)50-30-28-48-44-20-8-12-24-53(44)64(58(48)60(50)66)41-16-4-2-5-17-41)33-32-43(38-34-39(62)36-40(63)35-38)57(37)67-56-27-15-11-23-47(56)51-31-29-49-45-21-9-13-25-54(45)65(59(49)61(51)67)42-18-6-3-7-19-42/h2-36H,1H3. The zero-order chi connectivity index (χ0) is 44.5. The van der Waals surface area contributed by atoms with Crippen molar-refractivity contribution in [3.63, 3.8) is 0 Å². The van der Waals surface area contributed by atoms with Crippen molar-refractivity contribution in [3.05, 3.63) is 230 Å². The number of benzene rings is 10. The monoisotopic (exact) mass is 864 g/mol. The van der Waals surface area contributed by atoms with Gasteiger partial charge in [-0.2, -0.15) is 0 Å². The van der Waals surface area contributed by atoms with E-state index in [0.717, 1.165) is 116 Å². The van der Waals surface area contributed by atoms with E-state index in [9.17, 15) is 0 Å². The lowest BCUT2D eigenvalue weighted by Crippen LogP contribution is -2.07. The first-order chi connectivity index (χ1) is 33.0. The molecule has 0 spiro atoms. The van der Waals surface area contributed by atoms with Crippen LogP contribution in [-0.2, 0) is 0 Å². The van der Waals surface area contributed by atoms with Gasteiger partial charge in [-0.3, -0.25) is 0 Å². The van der Waals surface area contributed by atoms with Crippen molar-refractivity contribution in [1.82, 2.24) is 18.3 Å². The molecule has 0 amide bonds. The van der Waals surface area contributed by atoms with Crippen molar-refractivity contribution in [2.45, 2.75) is 6.92 Å². The highest BCUT2D eigenvalue weighted by Crippen LogP contribution is 2.47. The molecule has 4 aromatic heterocycles. The Kier molecular flexibility index (Phi) is 7.93. The van der Waals surface area contributed by atoms with Crippen LogP contribution in [0.4, 0.5) is 8.78 Å². The van der Waals surface area contributed by atoms with Crippen molar-refractivity contribution in [2.24, 2.45) is 0 Å². The van der Waals surface area contributed by atoms with Crippen molar-refractivity contribution >= 4 is 87.2 Å². The number of nitrogens with zero attached hydrogens (tertiary/aromatic N) is 4.